The van der Waals surface area contributed by atoms with Crippen LogP contribution in [-0.2, 0) is 4.79 Å². The molecule has 148 valence electrons. The van der Waals surface area contributed by atoms with Crippen LogP contribution in [0.5, 0.6) is 5.75 Å². The van der Waals surface area contributed by atoms with Gasteiger partial charge in [-0.2, -0.15) is 0 Å². The molecule has 28 heavy (non-hydrogen) atoms. The maximum Gasteiger partial charge on any atom is 0.263 e. The molecule has 0 N–H and O–H groups in total. The van der Waals surface area contributed by atoms with Gasteiger partial charge in [-0.3, -0.25) is 9.59 Å². The summed E-state index contributed by atoms with van der Waals surface area (Å²) in [5.41, 5.74) is 0.665. The predicted octanol–water partition coefficient (Wildman–Crippen LogP) is 4.14. The number of hydrogen-bond acceptors (Lipinski definition) is 3. The van der Waals surface area contributed by atoms with Crippen molar-refractivity contribution < 1.29 is 14.3 Å². The Balaban J connectivity index is 1.59. The Morgan fingerprint density at radius 2 is 1.61 bits per heavy atom. The van der Waals surface area contributed by atoms with Gasteiger partial charge in [0.1, 0.15) is 5.75 Å². The molecule has 0 radical (unpaired) electrons. The van der Waals surface area contributed by atoms with E-state index in [4.69, 9.17) is 27.9 Å². The molecule has 1 atom stereocenters. The molecule has 3 rings (SSSR count). The summed E-state index contributed by atoms with van der Waals surface area (Å²) in [7, 11) is 0. The smallest absolute Gasteiger partial charge is 0.263 e. The predicted molar refractivity (Wildman–Crippen MR) is 110 cm³/mol. The third-order valence-corrected chi connectivity index (χ3v) is 5.41. The fraction of sp³-hybridized carbons (Fsp3) is 0.333. The molecule has 0 aromatic heterocycles. The van der Waals surface area contributed by atoms with Crippen LogP contribution in [0.1, 0.15) is 23.7 Å². The van der Waals surface area contributed by atoms with Gasteiger partial charge in [0.05, 0.1) is 10.0 Å². The molecule has 0 saturated carbocycles. The molecule has 1 aliphatic rings. The number of halogens is 2. The molecule has 0 bridgehead atoms. The van der Waals surface area contributed by atoms with Crippen LogP contribution in [0, 0.1) is 0 Å². The average Bonchev–Trinajstić information content (AvgIpc) is 2.96. The summed E-state index contributed by atoms with van der Waals surface area (Å²) < 4.78 is 5.73. The molecular weight excluding hydrogens is 399 g/mol. The minimum atomic E-state index is -0.659. The van der Waals surface area contributed by atoms with E-state index in [0.717, 1.165) is 6.42 Å². The summed E-state index contributed by atoms with van der Waals surface area (Å²) in [6, 6.07) is 14.1. The van der Waals surface area contributed by atoms with Gasteiger partial charge in [0.2, 0.25) is 0 Å². The maximum atomic E-state index is 12.8. The van der Waals surface area contributed by atoms with Gasteiger partial charge in [0.15, 0.2) is 6.10 Å². The van der Waals surface area contributed by atoms with Crippen molar-refractivity contribution in [1.82, 2.24) is 9.80 Å². The van der Waals surface area contributed by atoms with Crippen LogP contribution in [0.25, 0.3) is 0 Å². The summed E-state index contributed by atoms with van der Waals surface area (Å²) in [5, 5.41) is 0.812. The van der Waals surface area contributed by atoms with Crippen molar-refractivity contribution in [3.8, 4) is 5.75 Å². The second-order valence-electron chi connectivity index (χ2n) is 6.67. The zero-order chi connectivity index (χ0) is 20.1. The summed E-state index contributed by atoms with van der Waals surface area (Å²) in [4.78, 5) is 29.0. The molecule has 1 heterocycles. The molecule has 2 amide bonds. The van der Waals surface area contributed by atoms with Crippen molar-refractivity contribution in [2.24, 2.45) is 0 Å². The van der Waals surface area contributed by atoms with E-state index in [1.807, 2.05) is 30.3 Å². The normalized spacial score (nSPS) is 15.7. The molecule has 1 unspecified atom stereocenters. The molecule has 1 saturated heterocycles. The highest BCUT2D eigenvalue weighted by Gasteiger charge is 2.26. The van der Waals surface area contributed by atoms with Gasteiger partial charge in [-0.25, -0.2) is 0 Å². The first-order valence-electron chi connectivity index (χ1n) is 9.20. The number of carbonyl (C=O) groups excluding carboxylic acids is 2. The van der Waals surface area contributed by atoms with Crippen LogP contribution in [0.2, 0.25) is 10.0 Å². The van der Waals surface area contributed by atoms with E-state index < -0.39 is 6.10 Å². The molecule has 5 nitrogen and oxygen atoms in total. The lowest BCUT2D eigenvalue weighted by Gasteiger charge is -2.25. The van der Waals surface area contributed by atoms with Crippen LogP contribution in [0.15, 0.2) is 48.5 Å². The van der Waals surface area contributed by atoms with Crippen molar-refractivity contribution in [3.05, 3.63) is 64.1 Å². The Hall–Kier alpha value is -2.24. The van der Waals surface area contributed by atoms with Crippen molar-refractivity contribution in [2.45, 2.75) is 19.4 Å². The van der Waals surface area contributed by atoms with E-state index in [9.17, 15) is 9.59 Å². The first kappa shape index (κ1) is 20.5. The second-order valence-corrected chi connectivity index (χ2v) is 7.49. The number of amides is 2. The lowest BCUT2D eigenvalue weighted by Crippen LogP contribution is -2.43. The van der Waals surface area contributed by atoms with E-state index in [2.05, 4.69) is 0 Å². The highest BCUT2D eigenvalue weighted by molar-refractivity contribution is 6.42. The topological polar surface area (TPSA) is 49.9 Å². The summed E-state index contributed by atoms with van der Waals surface area (Å²) in [6.45, 7) is 3.90. The van der Waals surface area contributed by atoms with Gasteiger partial charge >= 0.3 is 0 Å². The average molecular weight is 421 g/mol. The third-order valence-electron chi connectivity index (χ3n) is 4.67. The number of carbonyl (C=O) groups is 2. The molecule has 0 spiro atoms. The minimum Gasteiger partial charge on any atom is -0.481 e. The van der Waals surface area contributed by atoms with Gasteiger partial charge in [-0.05, 0) is 37.6 Å². The van der Waals surface area contributed by atoms with Crippen molar-refractivity contribution in [2.75, 3.05) is 26.2 Å². The van der Waals surface area contributed by atoms with Gasteiger partial charge in [0, 0.05) is 37.8 Å². The van der Waals surface area contributed by atoms with Crippen LogP contribution in [0.4, 0.5) is 0 Å². The molecular formula is C21H22Cl2N2O3. The quantitative estimate of drug-likeness (QED) is 0.746. The maximum absolute atomic E-state index is 12.8. The Morgan fingerprint density at radius 1 is 0.929 bits per heavy atom. The number of nitrogens with zero attached hydrogens (tertiary/aromatic N) is 2. The first-order valence-corrected chi connectivity index (χ1v) is 9.96. The van der Waals surface area contributed by atoms with E-state index in [1.54, 1.807) is 34.9 Å². The highest BCUT2D eigenvalue weighted by atomic mass is 35.5. The van der Waals surface area contributed by atoms with Crippen molar-refractivity contribution in [3.63, 3.8) is 0 Å². The number of benzene rings is 2. The van der Waals surface area contributed by atoms with Crippen molar-refractivity contribution >= 4 is 35.0 Å². The molecule has 0 aliphatic carbocycles. The summed E-state index contributed by atoms with van der Waals surface area (Å²) in [5.74, 6) is 0.376. The third kappa shape index (κ3) is 4.97. The standard InChI is InChI=1S/C21H22Cl2N2O3/c1-15(28-17-8-9-18(22)19(23)14-17)20(26)24-10-5-11-25(13-12-24)21(27)16-6-3-2-4-7-16/h2-4,6-9,14-15H,5,10-13H2,1H3. The minimum absolute atomic E-state index is 0.00463. The zero-order valence-electron chi connectivity index (χ0n) is 15.6. The number of rotatable bonds is 4. The van der Waals surface area contributed by atoms with E-state index in [0.29, 0.717) is 47.5 Å². The second kappa shape index (κ2) is 9.30. The Bertz CT molecular complexity index is 845. The van der Waals surface area contributed by atoms with Gasteiger partial charge in [-0.1, -0.05) is 41.4 Å². The Kier molecular flexibility index (Phi) is 6.81. The summed E-state index contributed by atoms with van der Waals surface area (Å²) in [6.07, 6.45) is 0.0673. The SMILES string of the molecule is CC(Oc1ccc(Cl)c(Cl)c1)C(=O)N1CCCN(C(=O)c2ccccc2)CC1. The summed E-state index contributed by atoms with van der Waals surface area (Å²) >= 11 is 11.9. The van der Waals surface area contributed by atoms with E-state index >= 15 is 0 Å². The molecule has 2 aromatic carbocycles. The number of ether oxygens (including phenoxy) is 1. The number of hydrogen-bond donors (Lipinski definition) is 0. The zero-order valence-corrected chi connectivity index (χ0v) is 17.1. The fourth-order valence-corrected chi connectivity index (χ4v) is 3.45. The van der Waals surface area contributed by atoms with Gasteiger partial charge in [-0.15, -0.1) is 0 Å². The molecule has 2 aromatic rings. The highest BCUT2D eigenvalue weighted by Crippen LogP contribution is 2.27. The van der Waals surface area contributed by atoms with E-state index in [-0.39, 0.29) is 11.8 Å². The van der Waals surface area contributed by atoms with Gasteiger partial charge < -0.3 is 14.5 Å². The Labute approximate surface area is 174 Å². The molecule has 1 aliphatic heterocycles. The molecule has 7 heteroatoms. The first-order chi connectivity index (χ1) is 13.5. The van der Waals surface area contributed by atoms with Gasteiger partial charge in [0.25, 0.3) is 11.8 Å². The lowest BCUT2D eigenvalue weighted by atomic mass is 10.2. The van der Waals surface area contributed by atoms with Crippen LogP contribution < -0.4 is 4.74 Å². The lowest BCUT2D eigenvalue weighted by molar-refractivity contribution is -0.137. The fourth-order valence-electron chi connectivity index (χ4n) is 3.17. The van der Waals surface area contributed by atoms with E-state index in [1.165, 1.54) is 0 Å². The van der Waals surface area contributed by atoms with Crippen LogP contribution >= 0.6 is 23.2 Å². The van der Waals surface area contributed by atoms with Crippen molar-refractivity contribution in [1.29, 1.82) is 0 Å². The largest absolute Gasteiger partial charge is 0.481 e. The van der Waals surface area contributed by atoms with Crippen LogP contribution in [-0.4, -0.2) is 53.9 Å². The monoisotopic (exact) mass is 420 g/mol. The molecule has 1 fully saturated rings. The Morgan fingerprint density at radius 3 is 2.32 bits per heavy atom. The van der Waals surface area contributed by atoms with Crippen LogP contribution in [0.3, 0.4) is 0 Å².